The molecule has 17 heavy (non-hydrogen) atoms. The van der Waals surface area contributed by atoms with Crippen molar-refractivity contribution < 1.29 is 9.47 Å². The van der Waals surface area contributed by atoms with Gasteiger partial charge in [0.25, 0.3) is 0 Å². The van der Waals surface area contributed by atoms with Crippen molar-refractivity contribution in [2.75, 3.05) is 13.2 Å². The molecule has 0 spiro atoms. The largest absolute Gasteiger partial charge is 0.477 e. The van der Waals surface area contributed by atoms with Crippen LogP contribution >= 0.6 is 0 Å². The molecule has 5 heteroatoms. The molecule has 1 fully saturated rings. The van der Waals surface area contributed by atoms with E-state index in [1.54, 1.807) is 12.4 Å². The van der Waals surface area contributed by atoms with Crippen molar-refractivity contribution in [1.82, 2.24) is 9.97 Å². The van der Waals surface area contributed by atoms with E-state index in [2.05, 4.69) is 16.9 Å². The van der Waals surface area contributed by atoms with Crippen LogP contribution in [0, 0.1) is 5.92 Å². The quantitative estimate of drug-likeness (QED) is 0.809. The predicted molar refractivity (Wildman–Crippen MR) is 64.0 cm³/mol. The fourth-order valence-corrected chi connectivity index (χ4v) is 1.80. The van der Waals surface area contributed by atoms with E-state index in [1.165, 1.54) is 0 Å². The molecule has 1 aromatic heterocycles. The Balaban J connectivity index is 1.84. The summed E-state index contributed by atoms with van der Waals surface area (Å²) in [6.07, 6.45) is 6.43. The molecule has 94 valence electrons. The Kier molecular flexibility index (Phi) is 4.14. The molecule has 1 aliphatic carbocycles. The lowest BCUT2D eigenvalue weighted by molar-refractivity contribution is 0.0637. The molecule has 1 saturated carbocycles. The molecular weight excluding hydrogens is 218 g/mol. The van der Waals surface area contributed by atoms with Crippen LogP contribution in [-0.2, 0) is 0 Å². The van der Waals surface area contributed by atoms with Crippen LogP contribution in [0.2, 0.25) is 0 Å². The Morgan fingerprint density at radius 1 is 1.35 bits per heavy atom. The first-order valence-electron chi connectivity index (χ1n) is 6.13. The molecule has 1 aromatic rings. The zero-order valence-electron chi connectivity index (χ0n) is 10.1. The Labute approximate surface area is 101 Å². The zero-order valence-corrected chi connectivity index (χ0v) is 10.1. The highest BCUT2D eigenvalue weighted by Gasteiger charge is 2.29. The number of nitrogens with two attached hydrogens (primary N) is 1. The maximum absolute atomic E-state index is 5.69. The highest BCUT2D eigenvalue weighted by molar-refractivity contribution is 5.13. The second kappa shape index (κ2) is 5.82. The lowest BCUT2D eigenvalue weighted by Crippen LogP contribution is -2.37. The minimum absolute atomic E-state index is 0.235. The summed E-state index contributed by atoms with van der Waals surface area (Å²) in [5.41, 5.74) is 5.56. The van der Waals surface area contributed by atoms with Crippen molar-refractivity contribution in [3.8, 4) is 11.8 Å². The lowest BCUT2D eigenvalue weighted by Gasteiger charge is -2.33. The lowest BCUT2D eigenvalue weighted by atomic mass is 9.82. The fourth-order valence-electron chi connectivity index (χ4n) is 1.80. The average Bonchev–Trinajstić information content (AvgIpc) is 2.31. The Hall–Kier alpha value is -1.36. The minimum Gasteiger partial charge on any atom is -0.477 e. The van der Waals surface area contributed by atoms with E-state index in [-0.39, 0.29) is 6.10 Å². The van der Waals surface area contributed by atoms with E-state index in [0.717, 1.165) is 25.8 Å². The third kappa shape index (κ3) is 3.30. The van der Waals surface area contributed by atoms with E-state index in [0.29, 0.717) is 24.3 Å². The summed E-state index contributed by atoms with van der Waals surface area (Å²) in [6.45, 7) is 3.44. The van der Waals surface area contributed by atoms with Gasteiger partial charge in [-0.15, -0.1) is 0 Å². The fraction of sp³-hybridized carbons (Fsp3) is 0.667. The minimum atomic E-state index is 0.235. The molecule has 2 rings (SSSR count). The van der Waals surface area contributed by atoms with E-state index in [9.17, 15) is 0 Å². The van der Waals surface area contributed by atoms with Gasteiger partial charge in [0, 0.05) is 0 Å². The van der Waals surface area contributed by atoms with Gasteiger partial charge in [-0.1, -0.05) is 6.92 Å². The molecule has 0 unspecified atom stereocenters. The van der Waals surface area contributed by atoms with Crippen LogP contribution in [0.1, 0.15) is 26.2 Å². The average molecular weight is 237 g/mol. The molecular formula is C12H19N3O2. The summed E-state index contributed by atoms with van der Waals surface area (Å²) in [6, 6.07) is 0. The third-order valence-electron chi connectivity index (χ3n) is 2.86. The highest BCUT2D eigenvalue weighted by Crippen LogP contribution is 2.29. The van der Waals surface area contributed by atoms with Crippen LogP contribution in [0.15, 0.2) is 12.4 Å². The standard InChI is InChI=1S/C12H19N3O2/c1-2-3-16-11-7-14-8-12(15-11)17-10-4-9(5-10)6-13/h7-10H,2-6,13H2,1H3. The Morgan fingerprint density at radius 2 is 2.12 bits per heavy atom. The summed E-state index contributed by atoms with van der Waals surface area (Å²) in [5, 5.41) is 0. The molecule has 1 heterocycles. The van der Waals surface area contributed by atoms with Gasteiger partial charge in [0.05, 0.1) is 19.0 Å². The molecule has 5 nitrogen and oxygen atoms in total. The normalized spacial score (nSPS) is 22.9. The number of rotatable bonds is 6. The second-order valence-corrected chi connectivity index (χ2v) is 4.36. The van der Waals surface area contributed by atoms with Crippen molar-refractivity contribution in [2.45, 2.75) is 32.3 Å². The van der Waals surface area contributed by atoms with Crippen LogP contribution < -0.4 is 15.2 Å². The van der Waals surface area contributed by atoms with Gasteiger partial charge in [-0.2, -0.15) is 4.98 Å². The Morgan fingerprint density at radius 3 is 2.82 bits per heavy atom. The van der Waals surface area contributed by atoms with E-state index >= 15 is 0 Å². The van der Waals surface area contributed by atoms with E-state index in [1.807, 2.05) is 0 Å². The van der Waals surface area contributed by atoms with Gasteiger partial charge in [0.2, 0.25) is 11.8 Å². The van der Waals surface area contributed by atoms with Crippen molar-refractivity contribution in [3.05, 3.63) is 12.4 Å². The number of aromatic nitrogens is 2. The molecule has 0 amide bonds. The SMILES string of the molecule is CCCOc1cncc(OC2CC(CN)C2)n1. The highest BCUT2D eigenvalue weighted by atomic mass is 16.5. The molecule has 2 N–H and O–H groups in total. The van der Waals surface area contributed by atoms with Crippen molar-refractivity contribution >= 4 is 0 Å². The first-order chi connectivity index (χ1) is 8.31. The summed E-state index contributed by atoms with van der Waals surface area (Å²) in [7, 11) is 0. The summed E-state index contributed by atoms with van der Waals surface area (Å²) in [4.78, 5) is 8.30. The molecule has 0 aromatic carbocycles. The summed E-state index contributed by atoms with van der Waals surface area (Å²) >= 11 is 0. The molecule has 1 aliphatic rings. The van der Waals surface area contributed by atoms with Crippen LogP contribution in [0.5, 0.6) is 11.8 Å². The van der Waals surface area contributed by atoms with Crippen molar-refractivity contribution in [2.24, 2.45) is 11.7 Å². The summed E-state index contributed by atoms with van der Waals surface area (Å²) in [5.74, 6) is 1.67. The molecule has 0 aliphatic heterocycles. The molecule has 0 bridgehead atoms. The van der Waals surface area contributed by atoms with Crippen molar-refractivity contribution in [3.63, 3.8) is 0 Å². The van der Waals surface area contributed by atoms with Crippen LogP contribution in [0.4, 0.5) is 0 Å². The maximum atomic E-state index is 5.69. The zero-order chi connectivity index (χ0) is 12.1. The van der Waals surface area contributed by atoms with Crippen LogP contribution in [0.3, 0.4) is 0 Å². The summed E-state index contributed by atoms with van der Waals surface area (Å²) < 4.78 is 11.1. The second-order valence-electron chi connectivity index (χ2n) is 4.36. The predicted octanol–water partition coefficient (Wildman–Crippen LogP) is 1.38. The van der Waals surface area contributed by atoms with Gasteiger partial charge in [0.1, 0.15) is 6.10 Å². The third-order valence-corrected chi connectivity index (χ3v) is 2.86. The van der Waals surface area contributed by atoms with Gasteiger partial charge in [-0.05, 0) is 31.7 Å². The van der Waals surface area contributed by atoms with Gasteiger partial charge in [-0.3, -0.25) is 4.98 Å². The number of nitrogens with zero attached hydrogens (tertiary/aromatic N) is 2. The molecule has 0 atom stereocenters. The Bertz CT molecular complexity index is 353. The monoisotopic (exact) mass is 237 g/mol. The van der Waals surface area contributed by atoms with Gasteiger partial charge in [-0.25, -0.2) is 0 Å². The van der Waals surface area contributed by atoms with Crippen LogP contribution in [-0.4, -0.2) is 29.2 Å². The first kappa shape index (κ1) is 12.1. The van der Waals surface area contributed by atoms with E-state index < -0.39 is 0 Å². The van der Waals surface area contributed by atoms with E-state index in [4.69, 9.17) is 15.2 Å². The number of hydrogen-bond acceptors (Lipinski definition) is 5. The van der Waals surface area contributed by atoms with Gasteiger partial charge < -0.3 is 15.2 Å². The first-order valence-corrected chi connectivity index (χ1v) is 6.13. The van der Waals surface area contributed by atoms with Gasteiger partial charge >= 0.3 is 0 Å². The van der Waals surface area contributed by atoms with Crippen molar-refractivity contribution in [1.29, 1.82) is 0 Å². The number of hydrogen-bond donors (Lipinski definition) is 1. The molecule has 0 saturated heterocycles. The smallest absolute Gasteiger partial charge is 0.235 e. The molecule has 0 radical (unpaired) electrons. The van der Waals surface area contributed by atoms with Gasteiger partial charge in [0.15, 0.2) is 0 Å². The maximum Gasteiger partial charge on any atom is 0.235 e. The number of ether oxygens (including phenoxy) is 2. The topological polar surface area (TPSA) is 70.3 Å². The van der Waals surface area contributed by atoms with Crippen LogP contribution in [0.25, 0.3) is 0 Å².